The number of esters is 1. The fourth-order valence-corrected chi connectivity index (χ4v) is 5.49. The standard InChI is InChI=1S/C29H30N2O5/c1-35-24-13-11-21(12-14-24)20-7-9-22(10-8-20)28-25-16-30(17-27(33)31(25)26(28)18-32)15-19-3-5-23(6-4-19)29(34)36-2/h3-14,25-26,28,32H,15-18H2,1-2H3/t25-,26-,28+/m0/s1. The number of aliphatic hydroxyl groups is 1. The van der Waals surface area contributed by atoms with Gasteiger partial charge < -0.3 is 19.5 Å². The van der Waals surface area contributed by atoms with Crippen LogP contribution in [0.5, 0.6) is 5.75 Å². The van der Waals surface area contributed by atoms with Crippen LogP contribution in [-0.2, 0) is 16.1 Å². The number of rotatable bonds is 7. The summed E-state index contributed by atoms with van der Waals surface area (Å²) in [5.41, 5.74) is 4.88. The third kappa shape index (κ3) is 4.47. The molecule has 2 aliphatic heterocycles. The van der Waals surface area contributed by atoms with E-state index in [1.54, 1.807) is 19.2 Å². The second-order valence-electron chi connectivity index (χ2n) is 9.35. The molecule has 7 nitrogen and oxygen atoms in total. The van der Waals surface area contributed by atoms with Gasteiger partial charge in [-0.25, -0.2) is 4.79 Å². The number of ether oxygens (including phenoxy) is 2. The van der Waals surface area contributed by atoms with E-state index in [2.05, 4.69) is 29.2 Å². The largest absolute Gasteiger partial charge is 0.497 e. The molecule has 2 aliphatic rings. The van der Waals surface area contributed by atoms with Gasteiger partial charge in [0.15, 0.2) is 0 Å². The number of hydrogen-bond acceptors (Lipinski definition) is 6. The zero-order valence-corrected chi connectivity index (χ0v) is 20.5. The van der Waals surface area contributed by atoms with Crippen LogP contribution in [0.4, 0.5) is 0 Å². The van der Waals surface area contributed by atoms with E-state index in [0.29, 0.717) is 18.7 Å². The minimum absolute atomic E-state index is 0.0181. The molecule has 0 aromatic heterocycles. The van der Waals surface area contributed by atoms with E-state index >= 15 is 0 Å². The molecule has 0 bridgehead atoms. The lowest BCUT2D eigenvalue weighted by Gasteiger charge is -2.59. The van der Waals surface area contributed by atoms with Gasteiger partial charge in [0.05, 0.1) is 45.0 Å². The number of carbonyl (C=O) groups is 2. The Morgan fingerprint density at radius 2 is 1.58 bits per heavy atom. The van der Waals surface area contributed by atoms with Gasteiger partial charge in [-0.05, 0) is 46.5 Å². The third-order valence-electron chi connectivity index (χ3n) is 7.32. The molecule has 0 unspecified atom stereocenters. The summed E-state index contributed by atoms with van der Waals surface area (Å²) in [4.78, 5) is 28.7. The fraction of sp³-hybridized carbons (Fsp3) is 0.310. The summed E-state index contributed by atoms with van der Waals surface area (Å²) in [5.74, 6) is 0.577. The highest BCUT2D eigenvalue weighted by Gasteiger charge is 2.53. The molecule has 36 heavy (non-hydrogen) atoms. The lowest BCUT2D eigenvalue weighted by Crippen LogP contribution is -2.72. The topological polar surface area (TPSA) is 79.3 Å². The first-order valence-electron chi connectivity index (χ1n) is 12.1. The van der Waals surface area contributed by atoms with Crippen LogP contribution in [-0.4, -0.2) is 72.8 Å². The number of carbonyl (C=O) groups excluding carboxylic acids is 2. The molecule has 2 heterocycles. The molecular weight excluding hydrogens is 456 g/mol. The SMILES string of the molecule is COC(=O)c1ccc(CN2CC(=O)N3[C@@H](CO)[C@H](c4ccc(-c5ccc(OC)cc5)cc4)[C@@H]3C2)cc1. The first-order chi connectivity index (χ1) is 17.5. The molecule has 1 amide bonds. The quantitative estimate of drug-likeness (QED) is 0.516. The summed E-state index contributed by atoms with van der Waals surface area (Å²) in [5, 5.41) is 10.1. The predicted molar refractivity (Wildman–Crippen MR) is 136 cm³/mol. The third-order valence-corrected chi connectivity index (χ3v) is 7.32. The number of methoxy groups -OCH3 is 2. The highest BCUT2D eigenvalue weighted by Crippen LogP contribution is 2.43. The molecule has 0 saturated carbocycles. The molecule has 5 rings (SSSR count). The Balaban J connectivity index is 1.30. The van der Waals surface area contributed by atoms with Crippen LogP contribution in [0.1, 0.15) is 27.4 Å². The average molecular weight is 487 g/mol. The second kappa shape index (κ2) is 10.1. The number of amides is 1. The van der Waals surface area contributed by atoms with Crippen LogP contribution < -0.4 is 4.74 Å². The lowest BCUT2D eigenvalue weighted by atomic mass is 9.73. The normalized spacial score (nSPS) is 21.5. The fourth-order valence-electron chi connectivity index (χ4n) is 5.49. The summed E-state index contributed by atoms with van der Waals surface area (Å²) in [6.07, 6.45) is 0. The predicted octanol–water partition coefficient (Wildman–Crippen LogP) is 3.32. The van der Waals surface area contributed by atoms with Crippen molar-refractivity contribution in [3.8, 4) is 16.9 Å². The molecule has 0 aliphatic carbocycles. The molecule has 3 aromatic carbocycles. The van der Waals surface area contributed by atoms with Crippen molar-refractivity contribution in [2.45, 2.75) is 24.5 Å². The van der Waals surface area contributed by atoms with E-state index < -0.39 is 0 Å². The van der Waals surface area contributed by atoms with E-state index in [4.69, 9.17) is 9.47 Å². The molecule has 0 radical (unpaired) electrons. The van der Waals surface area contributed by atoms with E-state index in [9.17, 15) is 14.7 Å². The van der Waals surface area contributed by atoms with Crippen LogP contribution in [0.2, 0.25) is 0 Å². The van der Waals surface area contributed by atoms with E-state index in [1.165, 1.54) is 7.11 Å². The van der Waals surface area contributed by atoms with Gasteiger partial charge in [-0.3, -0.25) is 9.69 Å². The summed E-state index contributed by atoms with van der Waals surface area (Å²) >= 11 is 0. The molecule has 7 heteroatoms. The van der Waals surface area contributed by atoms with Gasteiger partial charge in [-0.15, -0.1) is 0 Å². The minimum Gasteiger partial charge on any atom is -0.497 e. The number of hydrogen-bond donors (Lipinski definition) is 1. The average Bonchev–Trinajstić information content (AvgIpc) is 2.90. The highest BCUT2D eigenvalue weighted by molar-refractivity contribution is 5.89. The maximum absolute atomic E-state index is 13.0. The molecular formula is C29H30N2O5. The van der Waals surface area contributed by atoms with Gasteiger partial charge in [0.25, 0.3) is 0 Å². The van der Waals surface area contributed by atoms with Crippen molar-refractivity contribution in [1.29, 1.82) is 0 Å². The maximum Gasteiger partial charge on any atom is 0.337 e. The zero-order valence-electron chi connectivity index (χ0n) is 20.5. The first kappa shape index (κ1) is 24.0. The van der Waals surface area contributed by atoms with Crippen molar-refractivity contribution in [1.82, 2.24) is 9.80 Å². The summed E-state index contributed by atoms with van der Waals surface area (Å²) in [6, 6.07) is 23.5. The van der Waals surface area contributed by atoms with Crippen molar-refractivity contribution in [2.75, 3.05) is 33.9 Å². The van der Waals surface area contributed by atoms with Crippen LogP contribution in [0.15, 0.2) is 72.8 Å². The number of benzene rings is 3. The molecule has 3 aromatic rings. The van der Waals surface area contributed by atoms with Crippen LogP contribution in [0, 0.1) is 0 Å². The Morgan fingerprint density at radius 1 is 0.944 bits per heavy atom. The van der Waals surface area contributed by atoms with Crippen LogP contribution in [0.3, 0.4) is 0 Å². The smallest absolute Gasteiger partial charge is 0.337 e. The van der Waals surface area contributed by atoms with Gasteiger partial charge in [-0.2, -0.15) is 0 Å². The maximum atomic E-state index is 13.0. The second-order valence-corrected chi connectivity index (χ2v) is 9.35. The van der Waals surface area contributed by atoms with Crippen LogP contribution >= 0.6 is 0 Å². The lowest BCUT2D eigenvalue weighted by molar-refractivity contribution is -0.162. The van der Waals surface area contributed by atoms with E-state index in [1.807, 2.05) is 41.3 Å². The molecule has 186 valence electrons. The molecule has 1 N–H and O–H groups in total. The number of fused-ring (bicyclic) bond motifs is 1. The first-order valence-corrected chi connectivity index (χ1v) is 12.1. The number of piperazine rings is 1. The van der Waals surface area contributed by atoms with Gasteiger partial charge in [0, 0.05) is 19.0 Å². The Morgan fingerprint density at radius 3 is 2.17 bits per heavy atom. The Labute approximate surface area is 210 Å². The Bertz CT molecular complexity index is 1220. The molecule has 2 fully saturated rings. The molecule has 3 atom stereocenters. The van der Waals surface area contributed by atoms with Crippen molar-refractivity contribution in [3.63, 3.8) is 0 Å². The monoisotopic (exact) mass is 486 g/mol. The van der Waals surface area contributed by atoms with Crippen molar-refractivity contribution >= 4 is 11.9 Å². The molecule has 2 saturated heterocycles. The summed E-state index contributed by atoms with van der Waals surface area (Å²) in [6.45, 7) is 1.60. The van der Waals surface area contributed by atoms with E-state index in [0.717, 1.165) is 34.5 Å². The minimum atomic E-state index is -0.365. The van der Waals surface area contributed by atoms with Crippen molar-refractivity contribution in [3.05, 3.63) is 89.5 Å². The van der Waals surface area contributed by atoms with Crippen molar-refractivity contribution < 1.29 is 24.2 Å². The summed E-state index contributed by atoms with van der Waals surface area (Å²) < 4.78 is 10.0. The van der Waals surface area contributed by atoms with Gasteiger partial charge in [0.1, 0.15) is 5.75 Å². The number of aliphatic hydroxyl groups excluding tert-OH is 1. The molecule has 0 spiro atoms. The van der Waals surface area contributed by atoms with Gasteiger partial charge >= 0.3 is 5.97 Å². The van der Waals surface area contributed by atoms with Gasteiger partial charge in [0.2, 0.25) is 5.91 Å². The summed E-state index contributed by atoms with van der Waals surface area (Å²) in [7, 11) is 3.02. The van der Waals surface area contributed by atoms with E-state index in [-0.39, 0.29) is 36.5 Å². The highest BCUT2D eigenvalue weighted by atomic mass is 16.5. The Hall–Kier alpha value is -3.68. The van der Waals surface area contributed by atoms with Crippen LogP contribution in [0.25, 0.3) is 11.1 Å². The van der Waals surface area contributed by atoms with Crippen molar-refractivity contribution in [2.24, 2.45) is 0 Å². The Kier molecular flexibility index (Phi) is 6.76. The zero-order chi connectivity index (χ0) is 25.2. The van der Waals surface area contributed by atoms with Gasteiger partial charge in [-0.1, -0.05) is 48.5 Å². The number of nitrogens with zero attached hydrogens (tertiary/aromatic N) is 2.